The lowest BCUT2D eigenvalue weighted by Gasteiger charge is -2.20. The van der Waals surface area contributed by atoms with Crippen LogP contribution in [0.3, 0.4) is 0 Å². The largest absolute Gasteiger partial charge is 0.396 e. The molecule has 0 aliphatic heterocycles. The van der Waals surface area contributed by atoms with Gasteiger partial charge in [0.2, 0.25) is 0 Å². The molecule has 1 aromatic heterocycles. The molecule has 0 fully saturated rings. The van der Waals surface area contributed by atoms with E-state index in [0.717, 1.165) is 23.3 Å². The third kappa shape index (κ3) is 3.86. The van der Waals surface area contributed by atoms with Gasteiger partial charge in [-0.15, -0.1) is 0 Å². The van der Waals surface area contributed by atoms with Gasteiger partial charge in [0.05, 0.1) is 10.6 Å². The summed E-state index contributed by atoms with van der Waals surface area (Å²) in [7, 11) is 0. The van der Waals surface area contributed by atoms with Gasteiger partial charge in [0.1, 0.15) is 0 Å². The van der Waals surface area contributed by atoms with Gasteiger partial charge in [-0.05, 0) is 36.5 Å². The van der Waals surface area contributed by atoms with E-state index in [1.807, 2.05) is 44.2 Å². The number of hydrogen-bond acceptors (Lipinski definition) is 4. The third-order valence-corrected chi connectivity index (χ3v) is 5.87. The molecular formula is C20H24N2O3S. The van der Waals surface area contributed by atoms with E-state index in [2.05, 4.69) is 11.1 Å². The second kappa shape index (κ2) is 8.10. The van der Waals surface area contributed by atoms with Crippen LogP contribution in [0.1, 0.15) is 38.2 Å². The highest BCUT2D eigenvalue weighted by molar-refractivity contribution is 7.99. The van der Waals surface area contributed by atoms with Crippen molar-refractivity contribution in [2.24, 2.45) is 5.92 Å². The van der Waals surface area contributed by atoms with E-state index in [1.54, 1.807) is 4.57 Å². The van der Waals surface area contributed by atoms with Gasteiger partial charge in [-0.3, -0.25) is 14.3 Å². The fourth-order valence-corrected chi connectivity index (χ4v) is 4.55. The number of aliphatic hydroxyl groups excluding tert-OH is 1. The molecule has 0 radical (unpaired) electrons. The lowest BCUT2D eigenvalue weighted by atomic mass is 10.0. The standard InChI is InChI=1S/C20H24N2O3S/c1-13(2)17-18(24)21-20(25)22(11-14-7-6-8-15(14)12-23)19(17)26-16-9-4-3-5-10-16/h3-5,7,9-10,13,15,23H,6,8,11-12H2,1-2H3,(H,21,24,25). The van der Waals surface area contributed by atoms with Gasteiger partial charge in [-0.25, -0.2) is 4.79 Å². The van der Waals surface area contributed by atoms with Crippen LogP contribution in [0.15, 0.2) is 61.5 Å². The summed E-state index contributed by atoms with van der Waals surface area (Å²) in [6.07, 6.45) is 3.92. The number of aliphatic hydroxyl groups is 1. The molecule has 0 saturated heterocycles. The molecule has 0 amide bonds. The number of aromatic amines is 1. The number of rotatable bonds is 6. The Balaban J connectivity index is 2.11. The Morgan fingerprint density at radius 2 is 2.00 bits per heavy atom. The highest BCUT2D eigenvalue weighted by Gasteiger charge is 2.23. The highest BCUT2D eigenvalue weighted by Crippen LogP contribution is 2.33. The molecule has 3 rings (SSSR count). The molecule has 1 aliphatic rings. The molecule has 0 saturated carbocycles. The zero-order valence-electron chi connectivity index (χ0n) is 15.1. The first-order valence-electron chi connectivity index (χ1n) is 8.91. The fourth-order valence-electron chi connectivity index (χ4n) is 3.34. The number of nitrogens with zero attached hydrogens (tertiary/aromatic N) is 1. The van der Waals surface area contributed by atoms with Gasteiger partial charge in [-0.2, -0.15) is 0 Å². The van der Waals surface area contributed by atoms with Crippen LogP contribution in [0.25, 0.3) is 0 Å². The SMILES string of the molecule is CC(C)c1c(Sc2ccccc2)n(CC2=CCCC2CO)c(=O)[nH]c1=O. The molecule has 1 atom stereocenters. The Kier molecular flexibility index (Phi) is 5.84. The van der Waals surface area contributed by atoms with Crippen molar-refractivity contribution < 1.29 is 5.11 Å². The molecule has 5 nitrogen and oxygen atoms in total. The number of hydrogen-bond donors (Lipinski definition) is 2. The van der Waals surface area contributed by atoms with E-state index in [4.69, 9.17) is 0 Å². The Morgan fingerprint density at radius 1 is 1.27 bits per heavy atom. The quantitative estimate of drug-likeness (QED) is 0.603. The molecule has 1 aromatic carbocycles. The Bertz CT molecular complexity index is 913. The molecule has 0 bridgehead atoms. The highest BCUT2D eigenvalue weighted by atomic mass is 32.2. The summed E-state index contributed by atoms with van der Waals surface area (Å²) in [5, 5.41) is 10.3. The van der Waals surface area contributed by atoms with Crippen LogP contribution in [0, 0.1) is 5.92 Å². The first-order valence-corrected chi connectivity index (χ1v) is 9.72. The van der Waals surface area contributed by atoms with Crippen molar-refractivity contribution in [2.75, 3.05) is 6.61 Å². The molecule has 2 aromatic rings. The molecular weight excluding hydrogens is 348 g/mol. The predicted molar refractivity (Wildman–Crippen MR) is 104 cm³/mol. The normalized spacial score (nSPS) is 16.9. The van der Waals surface area contributed by atoms with Crippen LogP contribution in [0.4, 0.5) is 0 Å². The lowest BCUT2D eigenvalue weighted by Crippen LogP contribution is -2.35. The Labute approximate surface area is 156 Å². The van der Waals surface area contributed by atoms with Crippen LogP contribution in [-0.2, 0) is 6.54 Å². The van der Waals surface area contributed by atoms with Gasteiger partial charge in [0.15, 0.2) is 0 Å². The Hall–Kier alpha value is -2.05. The monoisotopic (exact) mass is 372 g/mol. The summed E-state index contributed by atoms with van der Waals surface area (Å²) in [4.78, 5) is 28.5. The second-order valence-electron chi connectivity index (χ2n) is 6.87. The van der Waals surface area contributed by atoms with Crippen molar-refractivity contribution in [3.05, 3.63) is 68.4 Å². The average Bonchev–Trinajstić information content (AvgIpc) is 3.06. The number of aromatic nitrogens is 2. The number of benzene rings is 1. The number of allylic oxidation sites excluding steroid dienone is 1. The van der Waals surface area contributed by atoms with Crippen LogP contribution in [0.2, 0.25) is 0 Å². The molecule has 2 N–H and O–H groups in total. The third-order valence-electron chi connectivity index (χ3n) is 4.73. The van der Waals surface area contributed by atoms with Crippen molar-refractivity contribution in [1.82, 2.24) is 9.55 Å². The van der Waals surface area contributed by atoms with Crippen LogP contribution in [-0.4, -0.2) is 21.3 Å². The smallest absolute Gasteiger partial charge is 0.329 e. The first-order chi connectivity index (χ1) is 12.5. The topological polar surface area (TPSA) is 75.1 Å². The van der Waals surface area contributed by atoms with Crippen molar-refractivity contribution in [3.63, 3.8) is 0 Å². The van der Waals surface area contributed by atoms with Gasteiger partial charge >= 0.3 is 5.69 Å². The minimum Gasteiger partial charge on any atom is -0.396 e. The van der Waals surface area contributed by atoms with E-state index < -0.39 is 5.69 Å². The van der Waals surface area contributed by atoms with Crippen molar-refractivity contribution in [3.8, 4) is 0 Å². The number of nitrogens with one attached hydrogen (secondary N) is 1. The zero-order chi connectivity index (χ0) is 18.7. The Morgan fingerprint density at radius 3 is 2.65 bits per heavy atom. The first kappa shape index (κ1) is 18.7. The summed E-state index contributed by atoms with van der Waals surface area (Å²) in [6.45, 7) is 4.40. The van der Waals surface area contributed by atoms with E-state index in [0.29, 0.717) is 17.1 Å². The van der Waals surface area contributed by atoms with Crippen LogP contribution in [0.5, 0.6) is 0 Å². The van der Waals surface area contributed by atoms with Gasteiger partial charge in [-0.1, -0.05) is 49.9 Å². The van der Waals surface area contributed by atoms with Gasteiger partial charge in [0, 0.05) is 24.0 Å². The maximum Gasteiger partial charge on any atom is 0.329 e. The maximum absolute atomic E-state index is 12.6. The van der Waals surface area contributed by atoms with Crippen molar-refractivity contribution >= 4 is 11.8 Å². The molecule has 1 aliphatic carbocycles. The lowest BCUT2D eigenvalue weighted by molar-refractivity contribution is 0.242. The fraction of sp³-hybridized carbons (Fsp3) is 0.400. The molecule has 1 unspecified atom stereocenters. The molecule has 1 heterocycles. The van der Waals surface area contributed by atoms with Crippen molar-refractivity contribution in [2.45, 2.75) is 49.1 Å². The van der Waals surface area contributed by atoms with Crippen LogP contribution < -0.4 is 11.2 Å². The zero-order valence-corrected chi connectivity index (χ0v) is 15.9. The van der Waals surface area contributed by atoms with Crippen LogP contribution >= 0.6 is 11.8 Å². The van der Waals surface area contributed by atoms with Crippen molar-refractivity contribution in [1.29, 1.82) is 0 Å². The average molecular weight is 372 g/mol. The van der Waals surface area contributed by atoms with Gasteiger partial charge in [0.25, 0.3) is 5.56 Å². The maximum atomic E-state index is 12.6. The summed E-state index contributed by atoms with van der Waals surface area (Å²) in [6, 6.07) is 9.75. The van der Waals surface area contributed by atoms with E-state index in [-0.39, 0.29) is 24.0 Å². The van der Waals surface area contributed by atoms with E-state index in [9.17, 15) is 14.7 Å². The van der Waals surface area contributed by atoms with Gasteiger partial charge < -0.3 is 5.11 Å². The molecule has 0 spiro atoms. The molecule has 26 heavy (non-hydrogen) atoms. The van der Waals surface area contributed by atoms with E-state index in [1.165, 1.54) is 11.8 Å². The number of H-pyrrole nitrogens is 1. The summed E-state index contributed by atoms with van der Waals surface area (Å²) >= 11 is 1.44. The molecule has 6 heteroatoms. The molecule has 138 valence electrons. The summed E-state index contributed by atoms with van der Waals surface area (Å²) in [5.41, 5.74) is 0.963. The minimum absolute atomic E-state index is 0.0111. The second-order valence-corrected chi connectivity index (χ2v) is 7.93. The minimum atomic E-state index is -0.401. The van der Waals surface area contributed by atoms with E-state index >= 15 is 0 Å². The summed E-state index contributed by atoms with van der Waals surface area (Å²) < 4.78 is 1.65. The summed E-state index contributed by atoms with van der Waals surface area (Å²) in [5.74, 6) is 0.0777. The predicted octanol–water partition coefficient (Wildman–Crippen LogP) is 3.14.